The first-order valence-corrected chi connectivity index (χ1v) is 7.21. The fraction of sp³-hybridized carbons (Fsp3) is 0.625. The molecule has 0 aromatic heterocycles. The number of rotatable bonds is 4. The molecule has 0 heterocycles. The van der Waals surface area contributed by atoms with E-state index in [1.165, 1.54) is 6.42 Å². The Morgan fingerprint density at radius 2 is 2.00 bits per heavy atom. The third-order valence-electron chi connectivity index (χ3n) is 4.01. The third kappa shape index (κ3) is 3.71. The number of aliphatic hydroxyl groups is 1. The van der Waals surface area contributed by atoms with Crippen LogP contribution in [0.1, 0.15) is 56.2 Å². The maximum atomic E-state index is 10.4. The zero-order valence-corrected chi connectivity index (χ0v) is 12.0. The molecule has 1 atom stereocenters. The molecule has 1 aromatic rings. The Hall–Kier alpha value is -1.06. The summed E-state index contributed by atoms with van der Waals surface area (Å²) in [5, 5.41) is 10.4. The lowest BCUT2D eigenvalue weighted by molar-refractivity contribution is -0.0340. The van der Waals surface area contributed by atoms with Gasteiger partial charge >= 0.3 is 0 Å². The minimum atomic E-state index is -0.634. The van der Waals surface area contributed by atoms with Crippen molar-refractivity contribution in [2.45, 2.75) is 57.6 Å². The Bertz CT molecular complexity index is 423. The molecule has 3 nitrogen and oxygen atoms in total. The molecule has 1 aliphatic carbocycles. The van der Waals surface area contributed by atoms with Crippen LogP contribution in [0.2, 0.25) is 0 Å². The minimum Gasteiger partial charge on any atom is -0.490 e. The normalized spacial score (nSPS) is 20.0. The van der Waals surface area contributed by atoms with Crippen molar-refractivity contribution in [2.24, 2.45) is 5.73 Å². The van der Waals surface area contributed by atoms with E-state index in [0.717, 1.165) is 42.6 Å². The molecule has 3 heteroatoms. The van der Waals surface area contributed by atoms with Crippen molar-refractivity contribution in [3.63, 3.8) is 0 Å². The second-order valence-electron chi connectivity index (χ2n) is 5.89. The van der Waals surface area contributed by atoms with Gasteiger partial charge in [0.05, 0.1) is 5.60 Å². The maximum absolute atomic E-state index is 10.4. The van der Waals surface area contributed by atoms with Crippen LogP contribution in [-0.2, 0) is 0 Å². The van der Waals surface area contributed by atoms with E-state index in [-0.39, 0.29) is 6.04 Å². The number of benzene rings is 1. The van der Waals surface area contributed by atoms with E-state index in [9.17, 15) is 5.11 Å². The first kappa shape index (κ1) is 14.4. The van der Waals surface area contributed by atoms with Gasteiger partial charge in [0.1, 0.15) is 12.4 Å². The van der Waals surface area contributed by atoms with Crippen LogP contribution in [-0.4, -0.2) is 17.3 Å². The van der Waals surface area contributed by atoms with E-state index in [0.29, 0.717) is 6.61 Å². The van der Waals surface area contributed by atoms with Gasteiger partial charge in [0.2, 0.25) is 0 Å². The van der Waals surface area contributed by atoms with Gasteiger partial charge in [-0.05, 0) is 43.9 Å². The maximum Gasteiger partial charge on any atom is 0.122 e. The summed E-state index contributed by atoms with van der Waals surface area (Å²) in [5.41, 5.74) is 7.42. The fourth-order valence-electron chi connectivity index (χ4n) is 2.68. The van der Waals surface area contributed by atoms with Crippen LogP contribution in [0.15, 0.2) is 18.2 Å². The van der Waals surface area contributed by atoms with Crippen molar-refractivity contribution < 1.29 is 9.84 Å². The molecular formula is C16H25NO2. The van der Waals surface area contributed by atoms with Gasteiger partial charge in [-0.3, -0.25) is 0 Å². The molecule has 1 aromatic carbocycles. The summed E-state index contributed by atoms with van der Waals surface area (Å²) in [6.07, 6.45) is 5.13. The third-order valence-corrected chi connectivity index (χ3v) is 4.01. The van der Waals surface area contributed by atoms with Gasteiger partial charge in [0.15, 0.2) is 0 Å². The fourth-order valence-corrected chi connectivity index (χ4v) is 2.68. The van der Waals surface area contributed by atoms with Crippen LogP contribution in [0.25, 0.3) is 0 Å². The van der Waals surface area contributed by atoms with Crippen LogP contribution in [0.5, 0.6) is 5.75 Å². The zero-order valence-electron chi connectivity index (χ0n) is 12.0. The van der Waals surface area contributed by atoms with Gasteiger partial charge in [-0.2, -0.15) is 0 Å². The second-order valence-corrected chi connectivity index (χ2v) is 5.89. The van der Waals surface area contributed by atoms with Gasteiger partial charge < -0.3 is 15.6 Å². The zero-order chi connectivity index (χ0) is 13.9. The van der Waals surface area contributed by atoms with Crippen molar-refractivity contribution >= 4 is 0 Å². The summed E-state index contributed by atoms with van der Waals surface area (Å²) in [6.45, 7) is 4.39. The quantitative estimate of drug-likeness (QED) is 0.877. The van der Waals surface area contributed by atoms with E-state index in [4.69, 9.17) is 10.5 Å². The summed E-state index contributed by atoms with van der Waals surface area (Å²) >= 11 is 0. The highest BCUT2D eigenvalue weighted by Gasteiger charge is 2.30. The van der Waals surface area contributed by atoms with E-state index >= 15 is 0 Å². The van der Waals surface area contributed by atoms with Gasteiger partial charge in [-0.15, -0.1) is 0 Å². The monoisotopic (exact) mass is 263 g/mol. The summed E-state index contributed by atoms with van der Waals surface area (Å²) < 4.78 is 5.82. The summed E-state index contributed by atoms with van der Waals surface area (Å²) in [4.78, 5) is 0. The van der Waals surface area contributed by atoms with Crippen LogP contribution >= 0.6 is 0 Å². The van der Waals surface area contributed by atoms with Gasteiger partial charge in [-0.25, -0.2) is 0 Å². The van der Waals surface area contributed by atoms with E-state index in [1.54, 1.807) is 0 Å². The van der Waals surface area contributed by atoms with Crippen molar-refractivity contribution in [3.05, 3.63) is 29.3 Å². The van der Waals surface area contributed by atoms with Crippen LogP contribution in [0.3, 0.4) is 0 Å². The minimum absolute atomic E-state index is 0.0373. The largest absolute Gasteiger partial charge is 0.490 e. The highest BCUT2D eigenvalue weighted by molar-refractivity contribution is 5.37. The van der Waals surface area contributed by atoms with E-state index in [1.807, 2.05) is 26.0 Å². The lowest BCUT2D eigenvalue weighted by Crippen LogP contribution is -2.38. The average Bonchev–Trinajstić information content (AvgIpc) is 2.38. The molecule has 19 heavy (non-hydrogen) atoms. The molecule has 0 amide bonds. The molecule has 0 saturated heterocycles. The first-order chi connectivity index (χ1) is 9.00. The molecule has 0 radical (unpaired) electrons. The smallest absolute Gasteiger partial charge is 0.122 e. The average molecular weight is 263 g/mol. The topological polar surface area (TPSA) is 55.5 Å². The lowest BCUT2D eigenvalue weighted by atomic mass is 9.85. The summed E-state index contributed by atoms with van der Waals surface area (Å²) in [6, 6.07) is 6.05. The standard InChI is InChI=1S/C16H25NO2/c1-12-10-14(13(2)17)6-7-15(12)19-11-16(18)8-4-3-5-9-16/h6-7,10,13,18H,3-5,8-9,11,17H2,1-2H3. The van der Waals surface area contributed by atoms with Crippen LogP contribution in [0, 0.1) is 6.92 Å². The Morgan fingerprint density at radius 3 is 2.58 bits per heavy atom. The molecular weight excluding hydrogens is 238 g/mol. The number of hydrogen-bond donors (Lipinski definition) is 2. The summed E-state index contributed by atoms with van der Waals surface area (Å²) in [7, 11) is 0. The molecule has 1 aliphatic rings. The second kappa shape index (κ2) is 5.93. The highest BCUT2D eigenvalue weighted by Crippen LogP contribution is 2.30. The molecule has 3 N–H and O–H groups in total. The van der Waals surface area contributed by atoms with Crippen molar-refractivity contribution in [2.75, 3.05) is 6.61 Å². The van der Waals surface area contributed by atoms with E-state index < -0.39 is 5.60 Å². The Balaban J connectivity index is 1.99. The SMILES string of the molecule is Cc1cc(C(C)N)ccc1OCC1(O)CCCCC1. The lowest BCUT2D eigenvalue weighted by Gasteiger charge is -2.32. The predicted octanol–water partition coefficient (Wildman–Crippen LogP) is 3.09. The van der Waals surface area contributed by atoms with Gasteiger partial charge in [0.25, 0.3) is 0 Å². The highest BCUT2D eigenvalue weighted by atomic mass is 16.5. The molecule has 1 saturated carbocycles. The summed E-state index contributed by atoms with van der Waals surface area (Å²) in [5.74, 6) is 0.850. The molecule has 2 rings (SSSR count). The van der Waals surface area contributed by atoms with Crippen molar-refractivity contribution in [1.82, 2.24) is 0 Å². The van der Waals surface area contributed by atoms with Crippen LogP contribution < -0.4 is 10.5 Å². The van der Waals surface area contributed by atoms with Crippen LogP contribution in [0.4, 0.5) is 0 Å². The number of aryl methyl sites for hydroxylation is 1. The Kier molecular flexibility index (Phi) is 4.48. The van der Waals surface area contributed by atoms with Gasteiger partial charge in [0, 0.05) is 6.04 Å². The Morgan fingerprint density at radius 1 is 1.32 bits per heavy atom. The van der Waals surface area contributed by atoms with Crippen molar-refractivity contribution in [1.29, 1.82) is 0 Å². The number of ether oxygens (including phenoxy) is 1. The molecule has 1 unspecified atom stereocenters. The van der Waals surface area contributed by atoms with E-state index in [2.05, 4.69) is 6.07 Å². The molecule has 0 spiro atoms. The Labute approximate surface area is 115 Å². The first-order valence-electron chi connectivity index (χ1n) is 7.21. The number of nitrogens with two attached hydrogens (primary N) is 1. The molecule has 1 fully saturated rings. The van der Waals surface area contributed by atoms with Crippen molar-refractivity contribution in [3.8, 4) is 5.75 Å². The molecule has 106 valence electrons. The van der Waals surface area contributed by atoms with Gasteiger partial charge in [-0.1, -0.05) is 31.4 Å². The number of hydrogen-bond acceptors (Lipinski definition) is 3. The molecule has 0 aliphatic heterocycles. The molecule has 0 bridgehead atoms. The predicted molar refractivity (Wildman–Crippen MR) is 77.3 cm³/mol.